The van der Waals surface area contributed by atoms with E-state index in [0.29, 0.717) is 16.8 Å². The lowest BCUT2D eigenvalue weighted by atomic mass is 10.1. The smallest absolute Gasteiger partial charge is 0.311 e. The van der Waals surface area contributed by atoms with Crippen molar-refractivity contribution in [3.63, 3.8) is 0 Å². The van der Waals surface area contributed by atoms with Crippen molar-refractivity contribution in [3.8, 4) is 0 Å². The number of hydrogen-bond acceptors (Lipinski definition) is 4. The Hall–Kier alpha value is -3.02. The highest BCUT2D eigenvalue weighted by molar-refractivity contribution is 5.97. The second-order valence-electron chi connectivity index (χ2n) is 5.56. The summed E-state index contributed by atoms with van der Waals surface area (Å²) in [6.07, 6.45) is -1.04. The van der Waals surface area contributed by atoms with Crippen molar-refractivity contribution in [3.05, 3.63) is 65.5 Å². The Morgan fingerprint density at radius 3 is 2.20 bits per heavy atom. The summed E-state index contributed by atoms with van der Waals surface area (Å²) in [5, 5.41) is 2.61. The molecule has 0 unspecified atom stereocenters. The van der Waals surface area contributed by atoms with E-state index in [1.54, 1.807) is 24.3 Å². The maximum Gasteiger partial charge on any atom is 0.311 e. The lowest BCUT2D eigenvalue weighted by Gasteiger charge is -2.13. The van der Waals surface area contributed by atoms with Gasteiger partial charge in [0.15, 0.2) is 11.9 Å². The van der Waals surface area contributed by atoms with Gasteiger partial charge in [0, 0.05) is 11.3 Å². The Morgan fingerprint density at radius 1 is 1.04 bits per heavy atom. The summed E-state index contributed by atoms with van der Waals surface area (Å²) in [6, 6.07) is 11.9. The molecular weight excluding hydrogens is 325 g/mol. The van der Waals surface area contributed by atoms with Gasteiger partial charge in [0.2, 0.25) is 0 Å². The number of halogens is 1. The number of hydrogen-bond donors (Lipinski definition) is 1. The number of amides is 1. The van der Waals surface area contributed by atoms with Crippen LogP contribution < -0.4 is 5.32 Å². The van der Waals surface area contributed by atoms with Crippen molar-refractivity contribution >= 4 is 23.3 Å². The van der Waals surface area contributed by atoms with Crippen LogP contribution in [-0.4, -0.2) is 23.8 Å². The molecule has 1 atom stereocenters. The molecule has 0 heterocycles. The second-order valence-corrected chi connectivity index (χ2v) is 5.56. The van der Waals surface area contributed by atoms with Crippen LogP contribution in [0.3, 0.4) is 0 Å². The summed E-state index contributed by atoms with van der Waals surface area (Å²) < 4.78 is 17.9. The fourth-order valence-electron chi connectivity index (χ4n) is 2.09. The monoisotopic (exact) mass is 343 g/mol. The molecule has 1 N–H and O–H groups in total. The van der Waals surface area contributed by atoms with Gasteiger partial charge in [0.1, 0.15) is 5.82 Å². The number of esters is 1. The number of ketones is 1. The Morgan fingerprint density at radius 2 is 1.64 bits per heavy atom. The van der Waals surface area contributed by atoms with E-state index in [2.05, 4.69) is 5.32 Å². The van der Waals surface area contributed by atoms with Gasteiger partial charge >= 0.3 is 5.97 Å². The molecule has 25 heavy (non-hydrogen) atoms. The van der Waals surface area contributed by atoms with E-state index in [0.717, 1.165) is 0 Å². The van der Waals surface area contributed by atoms with E-state index in [9.17, 15) is 18.8 Å². The number of Topliss-reactive ketones (excluding diaryl/α,β-unsaturated/α-hetero) is 1. The Labute approximate surface area is 144 Å². The summed E-state index contributed by atoms with van der Waals surface area (Å²) in [6.45, 7) is 2.91. The van der Waals surface area contributed by atoms with Crippen molar-refractivity contribution in [2.75, 3.05) is 5.32 Å². The topological polar surface area (TPSA) is 72.5 Å². The number of rotatable bonds is 6. The molecule has 0 radical (unpaired) electrons. The van der Waals surface area contributed by atoms with E-state index < -0.39 is 18.0 Å². The molecule has 0 aliphatic heterocycles. The predicted molar refractivity (Wildman–Crippen MR) is 90.7 cm³/mol. The van der Waals surface area contributed by atoms with E-state index >= 15 is 0 Å². The number of nitrogens with one attached hydrogen (secondary N) is 1. The summed E-state index contributed by atoms with van der Waals surface area (Å²) >= 11 is 0. The second kappa shape index (κ2) is 8.19. The molecule has 0 aliphatic rings. The quantitative estimate of drug-likeness (QED) is 0.646. The molecule has 0 bridgehead atoms. The average Bonchev–Trinajstić information content (AvgIpc) is 2.57. The lowest BCUT2D eigenvalue weighted by Crippen LogP contribution is -2.30. The number of anilines is 1. The highest BCUT2D eigenvalue weighted by atomic mass is 19.1. The largest absolute Gasteiger partial charge is 0.452 e. The minimum atomic E-state index is -0.986. The van der Waals surface area contributed by atoms with Crippen LogP contribution in [0.2, 0.25) is 0 Å². The number of carbonyl (C=O) groups excluding carboxylic acids is 3. The standard InChI is InChI=1S/C19H18FNO4/c1-12(22)15-5-9-17(10-6-15)21-19(24)13(2)25-18(23)11-14-3-7-16(20)8-4-14/h3-10,13H,11H2,1-2H3,(H,21,24)/t13-/m0/s1. The predicted octanol–water partition coefficient (Wildman–Crippen LogP) is 3.14. The Bertz CT molecular complexity index is 769. The Balaban J connectivity index is 1.87. The van der Waals surface area contributed by atoms with Gasteiger partial charge in [0.25, 0.3) is 5.91 Å². The van der Waals surface area contributed by atoms with Crippen molar-refractivity contribution in [2.24, 2.45) is 0 Å². The van der Waals surface area contributed by atoms with Crippen molar-refractivity contribution in [1.29, 1.82) is 0 Å². The normalized spacial score (nSPS) is 11.5. The average molecular weight is 343 g/mol. The van der Waals surface area contributed by atoms with Crippen molar-refractivity contribution in [1.82, 2.24) is 0 Å². The molecule has 6 heteroatoms. The molecule has 2 aromatic carbocycles. The van der Waals surface area contributed by atoms with Gasteiger partial charge in [-0.05, 0) is 55.8 Å². The number of carbonyl (C=O) groups is 3. The van der Waals surface area contributed by atoms with E-state index in [1.165, 1.54) is 38.1 Å². The summed E-state index contributed by atoms with van der Waals surface area (Å²) in [7, 11) is 0. The van der Waals surface area contributed by atoms with E-state index in [4.69, 9.17) is 4.74 Å². The van der Waals surface area contributed by atoms with Crippen LogP contribution in [-0.2, 0) is 20.7 Å². The van der Waals surface area contributed by atoms with E-state index in [-0.39, 0.29) is 18.0 Å². The molecule has 5 nitrogen and oxygen atoms in total. The van der Waals surface area contributed by atoms with Gasteiger partial charge in [-0.15, -0.1) is 0 Å². The van der Waals surface area contributed by atoms with Gasteiger partial charge < -0.3 is 10.1 Å². The minimum Gasteiger partial charge on any atom is -0.452 e. The fourth-order valence-corrected chi connectivity index (χ4v) is 2.09. The third-order valence-electron chi connectivity index (χ3n) is 3.50. The summed E-state index contributed by atoms with van der Waals surface area (Å²) in [5.74, 6) is -1.52. The van der Waals surface area contributed by atoms with Gasteiger partial charge in [-0.2, -0.15) is 0 Å². The zero-order valence-electron chi connectivity index (χ0n) is 13.9. The molecule has 0 fully saturated rings. The molecule has 0 saturated heterocycles. The third kappa shape index (κ3) is 5.53. The Kier molecular flexibility index (Phi) is 6.00. The fraction of sp³-hybridized carbons (Fsp3) is 0.211. The third-order valence-corrected chi connectivity index (χ3v) is 3.50. The first-order valence-corrected chi connectivity index (χ1v) is 7.71. The minimum absolute atomic E-state index is 0.0504. The SMILES string of the molecule is CC(=O)c1ccc(NC(=O)[C@H](C)OC(=O)Cc2ccc(F)cc2)cc1. The van der Waals surface area contributed by atoms with Gasteiger partial charge in [0.05, 0.1) is 6.42 Å². The first kappa shape index (κ1) is 18.3. The highest BCUT2D eigenvalue weighted by Gasteiger charge is 2.18. The van der Waals surface area contributed by atoms with Gasteiger partial charge in [-0.25, -0.2) is 4.39 Å². The van der Waals surface area contributed by atoms with Gasteiger partial charge in [-0.1, -0.05) is 12.1 Å². The van der Waals surface area contributed by atoms with Crippen LogP contribution in [0.15, 0.2) is 48.5 Å². The maximum absolute atomic E-state index is 12.8. The lowest BCUT2D eigenvalue weighted by molar-refractivity contribution is -0.152. The van der Waals surface area contributed by atoms with Crippen LogP contribution in [0, 0.1) is 5.82 Å². The van der Waals surface area contributed by atoms with Crippen molar-refractivity contribution in [2.45, 2.75) is 26.4 Å². The molecule has 0 aromatic heterocycles. The molecule has 0 aliphatic carbocycles. The maximum atomic E-state index is 12.8. The van der Waals surface area contributed by atoms with Crippen LogP contribution >= 0.6 is 0 Å². The molecule has 0 spiro atoms. The number of ether oxygens (including phenoxy) is 1. The molecule has 1 amide bonds. The molecule has 2 rings (SSSR count). The first-order chi connectivity index (χ1) is 11.8. The first-order valence-electron chi connectivity index (χ1n) is 7.71. The summed E-state index contributed by atoms with van der Waals surface area (Å²) in [5.41, 5.74) is 1.63. The molecule has 2 aromatic rings. The highest BCUT2D eigenvalue weighted by Crippen LogP contribution is 2.11. The van der Waals surface area contributed by atoms with Crippen LogP contribution in [0.1, 0.15) is 29.8 Å². The molecule has 0 saturated carbocycles. The van der Waals surface area contributed by atoms with E-state index in [1.807, 2.05) is 0 Å². The number of benzene rings is 2. The molecular formula is C19H18FNO4. The zero-order chi connectivity index (χ0) is 18.4. The van der Waals surface area contributed by atoms with Crippen molar-refractivity contribution < 1.29 is 23.5 Å². The molecule has 130 valence electrons. The zero-order valence-corrected chi connectivity index (χ0v) is 13.9. The summed E-state index contributed by atoms with van der Waals surface area (Å²) in [4.78, 5) is 35.1. The van der Waals surface area contributed by atoms with Crippen LogP contribution in [0.25, 0.3) is 0 Å². The van der Waals surface area contributed by atoms with Crippen LogP contribution in [0.5, 0.6) is 0 Å². The van der Waals surface area contributed by atoms with Crippen LogP contribution in [0.4, 0.5) is 10.1 Å². The van der Waals surface area contributed by atoms with Gasteiger partial charge in [-0.3, -0.25) is 14.4 Å².